The maximum atomic E-state index is 13.1. The molecule has 1 fully saturated rings. The Labute approximate surface area is 96.2 Å². The Kier molecular flexibility index (Phi) is 3.26. The topological polar surface area (TPSA) is 29.3 Å². The summed E-state index contributed by atoms with van der Waals surface area (Å²) in [5.74, 6) is -0.185. The first-order chi connectivity index (χ1) is 7.58. The van der Waals surface area contributed by atoms with Crippen molar-refractivity contribution in [3.8, 4) is 0 Å². The molecule has 0 spiro atoms. The van der Waals surface area contributed by atoms with E-state index >= 15 is 0 Å². The summed E-state index contributed by atoms with van der Waals surface area (Å²) < 4.78 is 13.1. The van der Waals surface area contributed by atoms with Crippen LogP contribution in [0.25, 0.3) is 0 Å². The van der Waals surface area contributed by atoms with Crippen LogP contribution in [0.15, 0.2) is 24.3 Å². The van der Waals surface area contributed by atoms with E-state index in [-0.39, 0.29) is 11.5 Å². The van der Waals surface area contributed by atoms with E-state index in [1.165, 1.54) is 18.9 Å². The van der Waals surface area contributed by atoms with Crippen molar-refractivity contribution in [2.75, 3.05) is 13.1 Å². The molecule has 1 aliphatic heterocycles. The number of halogens is 1. The second-order valence-electron chi connectivity index (χ2n) is 4.86. The molecule has 1 unspecified atom stereocenters. The summed E-state index contributed by atoms with van der Waals surface area (Å²) in [4.78, 5) is 2.29. The fraction of sp³-hybridized carbons (Fsp3) is 0.538. The van der Waals surface area contributed by atoms with E-state index in [9.17, 15) is 4.39 Å². The van der Waals surface area contributed by atoms with Gasteiger partial charge in [-0.15, -0.1) is 0 Å². The largest absolute Gasteiger partial charge is 0.313 e. The molecule has 1 aromatic rings. The van der Waals surface area contributed by atoms with Crippen molar-refractivity contribution in [3.63, 3.8) is 0 Å². The molecule has 3 heteroatoms. The Bertz CT molecular complexity index is 357. The van der Waals surface area contributed by atoms with Crippen LogP contribution in [0.5, 0.6) is 0 Å². The minimum atomic E-state index is -0.357. The summed E-state index contributed by atoms with van der Waals surface area (Å²) in [6, 6.07) is 6.71. The van der Waals surface area contributed by atoms with Crippen molar-refractivity contribution >= 4 is 0 Å². The fourth-order valence-electron chi connectivity index (χ4n) is 2.40. The zero-order valence-electron chi connectivity index (χ0n) is 9.75. The molecule has 1 atom stereocenters. The molecule has 0 bridgehead atoms. The molecule has 2 rings (SSSR count). The number of nitrogens with two attached hydrogens (primary N) is 1. The number of benzene rings is 1. The van der Waals surface area contributed by atoms with Crippen LogP contribution in [0.4, 0.5) is 4.39 Å². The van der Waals surface area contributed by atoms with Gasteiger partial charge in [-0.1, -0.05) is 12.1 Å². The Balaban J connectivity index is 2.07. The summed E-state index contributed by atoms with van der Waals surface area (Å²) in [5, 5.41) is 0. The third-order valence-electron chi connectivity index (χ3n) is 3.28. The molecule has 1 aromatic carbocycles. The molecule has 1 aliphatic rings. The number of rotatable bonds is 3. The van der Waals surface area contributed by atoms with Gasteiger partial charge in [0.2, 0.25) is 0 Å². The first kappa shape index (κ1) is 11.6. The molecule has 2 nitrogen and oxygen atoms in total. The lowest BCUT2D eigenvalue weighted by atomic mass is 10.0. The number of hydrogen-bond acceptors (Lipinski definition) is 2. The average molecular weight is 222 g/mol. The Morgan fingerprint density at radius 1 is 1.38 bits per heavy atom. The molecule has 0 radical (unpaired) electrons. The first-order valence-electron chi connectivity index (χ1n) is 5.86. The Hall–Kier alpha value is -0.930. The van der Waals surface area contributed by atoms with E-state index in [0.29, 0.717) is 6.42 Å². The van der Waals surface area contributed by atoms with Gasteiger partial charge < -0.3 is 5.73 Å². The Morgan fingerprint density at radius 3 is 2.69 bits per heavy atom. The molecule has 88 valence electrons. The third kappa shape index (κ3) is 2.60. The highest BCUT2D eigenvalue weighted by atomic mass is 19.1. The number of hydrogen-bond donors (Lipinski definition) is 1. The second-order valence-corrected chi connectivity index (χ2v) is 4.86. The van der Waals surface area contributed by atoms with Crippen molar-refractivity contribution in [1.82, 2.24) is 4.90 Å². The normalized spacial score (nSPS) is 20.9. The molecule has 16 heavy (non-hydrogen) atoms. The van der Waals surface area contributed by atoms with Gasteiger partial charge >= 0.3 is 0 Å². The summed E-state index contributed by atoms with van der Waals surface area (Å²) in [5.41, 5.74) is 6.92. The average Bonchev–Trinajstić information content (AvgIpc) is 2.69. The van der Waals surface area contributed by atoms with E-state index in [1.54, 1.807) is 12.1 Å². The van der Waals surface area contributed by atoms with Gasteiger partial charge in [-0.25, -0.2) is 4.39 Å². The zero-order valence-corrected chi connectivity index (χ0v) is 9.75. The number of likely N-dealkylation sites (tertiary alicyclic amines) is 1. The van der Waals surface area contributed by atoms with Crippen LogP contribution in [0.2, 0.25) is 0 Å². The standard InChI is InChI=1S/C13H19FN2/c1-13(15,16-7-2-3-8-16)10-11-5-4-6-12(14)9-11/h4-6,9H,2-3,7-8,10,15H2,1H3. The smallest absolute Gasteiger partial charge is 0.123 e. The van der Waals surface area contributed by atoms with E-state index < -0.39 is 0 Å². The quantitative estimate of drug-likeness (QED) is 0.849. The first-order valence-corrected chi connectivity index (χ1v) is 5.86. The Morgan fingerprint density at radius 2 is 2.06 bits per heavy atom. The van der Waals surface area contributed by atoms with Gasteiger partial charge in [-0.3, -0.25) is 4.90 Å². The van der Waals surface area contributed by atoms with Crippen LogP contribution in [0.1, 0.15) is 25.3 Å². The van der Waals surface area contributed by atoms with Gasteiger partial charge in [0.1, 0.15) is 5.82 Å². The van der Waals surface area contributed by atoms with Crippen LogP contribution in [0.3, 0.4) is 0 Å². The monoisotopic (exact) mass is 222 g/mol. The van der Waals surface area contributed by atoms with Crippen molar-refractivity contribution in [2.45, 2.75) is 31.8 Å². The molecule has 0 aromatic heterocycles. The van der Waals surface area contributed by atoms with Crippen LogP contribution >= 0.6 is 0 Å². The van der Waals surface area contributed by atoms with E-state index in [2.05, 4.69) is 4.90 Å². The summed E-state index contributed by atoms with van der Waals surface area (Å²) in [6.45, 7) is 4.15. The predicted molar refractivity (Wildman–Crippen MR) is 63.5 cm³/mol. The van der Waals surface area contributed by atoms with Gasteiger partial charge in [0.15, 0.2) is 0 Å². The lowest BCUT2D eigenvalue weighted by Gasteiger charge is -2.35. The molecule has 0 amide bonds. The minimum Gasteiger partial charge on any atom is -0.313 e. The van der Waals surface area contributed by atoms with E-state index in [0.717, 1.165) is 18.7 Å². The lowest BCUT2D eigenvalue weighted by molar-refractivity contribution is 0.141. The molecule has 1 saturated heterocycles. The molecule has 0 aliphatic carbocycles. The molecule has 2 N–H and O–H groups in total. The maximum Gasteiger partial charge on any atom is 0.123 e. The second kappa shape index (κ2) is 4.52. The minimum absolute atomic E-state index is 0.185. The van der Waals surface area contributed by atoms with Gasteiger partial charge in [0, 0.05) is 6.42 Å². The number of nitrogens with zero attached hydrogens (tertiary/aromatic N) is 1. The van der Waals surface area contributed by atoms with Crippen molar-refractivity contribution < 1.29 is 4.39 Å². The van der Waals surface area contributed by atoms with Crippen LogP contribution < -0.4 is 5.73 Å². The SMILES string of the molecule is CC(N)(Cc1cccc(F)c1)N1CCCC1. The summed E-state index contributed by atoms with van der Waals surface area (Å²) in [7, 11) is 0. The lowest BCUT2D eigenvalue weighted by Crippen LogP contribution is -2.54. The van der Waals surface area contributed by atoms with E-state index in [4.69, 9.17) is 5.73 Å². The van der Waals surface area contributed by atoms with Gasteiger partial charge in [0.05, 0.1) is 5.66 Å². The van der Waals surface area contributed by atoms with Crippen LogP contribution in [-0.4, -0.2) is 23.7 Å². The molecular formula is C13H19FN2. The maximum absolute atomic E-state index is 13.1. The van der Waals surface area contributed by atoms with Crippen LogP contribution in [-0.2, 0) is 6.42 Å². The highest BCUT2D eigenvalue weighted by Gasteiger charge is 2.29. The van der Waals surface area contributed by atoms with Gasteiger partial charge in [-0.05, 0) is 50.6 Å². The van der Waals surface area contributed by atoms with Crippen molar-refractivity contribution in [1.29, 1.82) is 0 Å². The third-order valence-corrected chi connectivity index (χ3v) is 3.28. The zero-order chi connectivity index (χ0) is 11.6. The van der Waals surface area contributed by atoms with Crippen molar-refractivity contribution in [2.24, 2.45) is 5.73 Å². The molecular weight excluding hydrogens is 203 g/mol. The van der Waals surface area contributed by atoms with Crippen LogP contribution in [0, 0.1) is 5.82 Å². The molecule has 0 saturated carbocycles. The summed E-state index contributed by atoms with van der Waals surface area (Å²) >= 11 is 0. The fourth-order valence-corrected chi connectivity index (χ4v) is 2.40. The molecule has 1 heterocycles. The summed E-state index contributed by atoms with van der Waals surface area (Å²) in [6.07, 6.45) is 3.14. The highest BCUT2D eigenvalue weighted by molar-refractivity contribution is 5.18. The highest BCUT2D eigenvalue weighted by Crippen LogP contribution is 2.21. The van der Waals surface area contributed by atoms with Crippen molar-refractivity contribution in [3.05, 3.63) is 35.6 Å². The van der Waals surface area contributed by atoms with Gasteiger partial charge in [-0.2, -0.15) is 0 Å². The van der Waals surface area contributed by atoms with E-state index in [1.807, 2.05) is 13.0 Å². The predicted octanol–water partition coefficient (Wildman–Crippen LogP) is 2.14. The van der Waals surface area contributed by atoms with Gasteiger partial charge in [0.25, 0.3) is 0 Å².